The summed E-state index contributed by atoms with van der Waals surface area (Å²) in [6.45, 7) is 0. The van der Waals surface area contributed by atoms with Gasteiger partial charge in [0, 0.05) is 10.5 Å². The summed E-state index contributed by atoms with van der Waals surface area (Å²) in [5.41, 5.74) is 2.25. The predicted molar refractivity (Wildman–Crippen MR) is 72.5 cm³/mol. The lowest BCUT2D eigenvalue weighted by atomic mass is 10.2. The molecule has 0 aliphatic heterocycles. The van der Waals surface area contributed by atoms with Gasteiger partial charge in [-0.15, -0.1) is 0 Å². The van der Waals surface area contributed by atoms with E-state index < -0.39 is 0 Å². The smallest absolute Gasteiger partial charge is 0.285 e. The van der Waals surface area contributed by atoms with Gasteiger partial charge in [0.2, 0.25) is 5.52 Å². The Morgan fingerprint density at radius 3 is 2.83 bits per heavy atom. The molecule has 3 rings (SSSR count). The van der Waals surface area contributed by atoms with Crippen LogP contribution in [-0.4, -0.2) is 12.1 Å². The van der Waals surface area contributed by atoms with E-state index in [1.54, 1.807) is 25.3 Å². The van der Waals surface area contributed by atoms with Gasteiger partial charge in [0.25, 0.3) is 5.52 Å². The first-order chi connectivity index (χ1) is 8.70. The van der Waals surface area contributed by atoms with Crippen LogP contribution in [-0.2, 0) is 0 Å². The minimum Gasteiger partial charge on any atom is -0.618 e. The average molecular weight is 305 g/mol. The number of benzene rings is 2. The molecule has 0 saturated carbocycles. The van der Waals surface area contributed by atoms with E-state index >= 15 is 0 Å². The minimum absolute atomic E-state index is 0.450. The number of halogens is 1. The Hall–Kier alpha value is -1.88. The maximum absolute atomic E-state index is 12.4. The standard InChI is InChI=1S/C13H9BrN2O2/c1-18-12-4-2-3-10-13(12)16(17)11-7-8(14)5-6-9(11)15-10/h2-7H,1H3. The molecule has 0 fully saturated rings. The van der Waals surface area contributed by atoms with Gasteiger partial charge in [0.15, 0.2) is 5.75 Å². The SMILES string of the molecule is COc1cccc2nc3ccc(Br)cc3[n+]([O-])c12. The van der Waals surface area contributed by atoms with Crippen LogP contribution in [0.2, 0.25) is 0 Å². The number of ether oxygens (including phenoxy) is 1. The number of hydrogen-bond donors (Lipinski definition) is 0. The first-order valence-electron chi connectivity index (χ1n) is 5.36. The van der Waals surface area contributed by atoms with Gasteiger partial charge < -0.3 is 9.94 Å². The third kappa shape index (κ3) is 1.59. The first-order valence-corrected chi connectivity index (χ1v) is 6.15. The Bertz CT molecular complexity index is 759. The fourth-order valence-electron chi connectivity index (χ4n) is 1.97. The van der Waals surface area contributed by atoms with E-state index in [2.05, 4.69) is 20.9 Å². The summed E-state index contributed by atoms with van der Waals surface area (Å²) in [6, 6.07) is 10.8. The summed E-state index contributed by atoms with van der Waals surface area (Å²) in [5.74, 6) is 0.525. The third-order valence-electron chi connectivity index (χ3n) is 2.80. The molecule has 0 aliphatic rings. The first kappa shape index (κ1) is 11.2. The zero-order valence-electron chi connectivity index (χ0n) is 9.55. The molecule has 90 valence electrons. The van der Waals surface area contributed by atoms with Crippen molar-refractivity contribution in [2.75, 3.05) is 7.11 Å². The molecule has 5 heteroatoms. The number of hydrogen-bond acceptors (Lipinski definition) is 3. The van der Waals surface area contributed by atoms with Gasteiger partial charge in [0.05, 0.1) is 7.11 Å². The molecule has 4 nitrogen and oxygen atoms in total. The van der Waals surface area contributed by atoms with Crippen molar-refractivity contribution in [3.8, 4) is 5.75 Å². The lowest BCUT2D eigenvalue weighted by Gasteiger charge is -2.08. The maximum Gasteiger partial charge on any atom is 0.285 e. The summed E-state index contributed by atoms with van der Waals surface area (Å²) in [4.78, 5) is 4.47. The van der Waals surface area contributed by atoms with E-state index in [1.807, 2.05) is 18.2 Å². The highest BCUT2D eigenvalue weighted by atomic mass is 79.9. The predicted octanol–water partition coefficient (Wildman–Crippen LogP) is 2.79. The van der Waals surface area contributed by atoms with Crippen molar-refractivity contribution < 1.29 is 9.47 Å². The highest BCUT2D eigenvalue weighted by molar-refractivity contribution is 9.10. The molecule has 0 aliphatic carbocycles. The zero-order valence-corrected chi connectivity index (χ0v) is 11.1. The van der Waals surface area contributed by atoms with Crippen LogP contribution in [0.3, 0.4) is 0 Å². The number of aromatic nitrogens is 2. The zero-order chi connectivity index (χ0) is 12.7. The van der Waals surface area contributed by atoms with Crippen LogP contribution in [0.25, 0.3) is 22.1 Å². The highest BCUT2D eigenvalue weighted by Crippen LogP contribution is 2.24. The van der Waals surface area contributed by atoms with Crippen LogP contribution in [0.5, 0.6) is 5.75 Å². The van der Waals surface area contributed by atoms with Crippen molar-refractivity contribution in [3.63, 3.8) is 0 Å². The topological polar surface area (TPSA) is 49.1 Å². The van der Waals surface area contributed by atoms with Crippen molar-refractivity contribution in [2.24, 2.45) is 0 Å². The van der Waals surface area contributed by atoms with Crippen LogP contribution >= 0.6 is 15.9 Å². The molecule has 0 radical (unpaired) electrons. The molecule has 0 N–H and O–H groups in total. The summed E-state index contributed by atoms with van der Waals surface area (Å²) >= 11 is 3.35. The molecule has 0 saturated heterocycles. The van der Waals surface area contributed by atoms with Gasteiger partial charge in [-0.2, -0.15) is 4.73 Å². The van der Waals surface area contributed by atoms with Gasteiger partial charge in [0.1, 0.15) is 11.0 Å². The van der Waals surface area contributed by atoms with Gasteiger partial charge in [-0.3, -0.25) is 0 Å². The summed E-state index contributed by atoms with van der Waals surface area (Å²) in [7, 11) is 1.54. The number of rotatable bonds is 1. The Balaban J connectivity index is 2.53. The Morgan fingerprint density at radius 2 is 2.06 bits per heavy atom. The monoisotopic (exact) mass is 304 g/mol. The Labute approximate surface area is 112 Å². The molecule has 0 amide bonds. The Kier molecular flexibility index (Phi) is 2.56. The normalized spacial score (nSPS) is 11.0. The molecule has 3 aromatic rings. The van der Waals surface area contributed by atoms with Crippen molar-refractivity contribution >= 4 is 38.0 Å². The van der Waals surface area contributed by atoms with Crippen LogP contribution in [0.15, 0.2) is 40.9 Å². The fraction of sp³-hybridized carbons (Fsp3) is 0.0769. The molecule has 0 spiro atoms. The van der Waals surface area contributed by atoms with Crippen LogP contribution in [0.4, 0.5) is 0 Å². The summed E-state index contributed by atoms with van der Waals surface area (Å²) < 4.78 is 6.92. The van der Waals surface area contributed by atoms with E-state index in [0.29, 0.717) is 27.8 Å². The number of para-hydroxylation sites is 1. The van der Waals surface area contributed by atoms with Crippen molar-refractivity contribution in [3.05, 3.63) is 46.1 Å². The van der Waals surface area contributed by atoms with Crippen LogP contribution in [0.1, 0.15) is 0 Å². The van der Waals surface area contributed by atoms with E-state index in [-0.39, 0.29) is 0 Å². The van der Waals surface area contributed by atoms with Crippen molar-refractivity contribution in [1.82, 2.24) is 4.98 Å². The molecule has 1 heterocycles. The summed E-state index contributed by atoms with van der Waals surface area (Å²) in [5, 5.41) is 12.4. The molecule has 0 unspecified atom stereocenters. The highest BCUT2D eigenvalue weighted by Gasteiger charge is 2.16. The molecule has 2 aromatic carbocycles. The van der Waals surface area contributed by atoms with Crippen molar-refractivity contribution in [2.45, 2.75) is 0 Å². The second-order valence-electron chi connectivity index (χ2n) is 3.87. The number of fused-ring (bicyclic) bond motifs is 2. The van der Waals surface area contributed by atoms with Gasteiger partial charge in [-0.05, 0) is 24.3 Å². The largest absolute Gasteiger partial charge is 0.618 e. The van der Waals surface area contributed by atoms with E-state index in [4.69, 9.17) is 4.74 Å². The van der Waals surface area contributed by atoms with E-state index in [9.17, 15) is 5.21 Å². The quantitative estimate of drug-likeness (QED) is 0.394. The minimum atomic E-state index is 0.450. The van der Waals surface area contributed by atoms with Crippen molar-refractivity contribution in [1.29, 1.82) is 0 Å². The molecule has 0 bridgehead atoms. The number of nitrogens with zero attached hydrogens (tertiary/aromatic N) is 2. The maximum atomic E-state index is 12.4. The lowest BCUT2D eigenvalue weighted by molar-refractivity contribution is -0.548. The molecule has 1 aromatic heterocycles. The fourth-order valence-corrected chi connectivity index (χ4v) is 2.32. The van der Waals surface area contributed by atoms with Gasteiger partial charge >= 0.3 is 0 Å². The Morgan fingerprint density at radius 1 is 1.22 bits per heavy atom. The van der Waals surface area contributed by atoms with E-state index in [1.165, 1.54) is 0 Å². The van der Waals surface area contributed by atoms with Gasteiger partial charge in [-0.1, -0.05) is 22.0 Å². The van der Waals surface area contributed by atoms with E-state index in [0.717, 1.165) is 9.20 Å². The molecular weight excluding hydrogens is 296 g/mol. The molecule has 0 atom stereocenters. The molecule has 18 heavy (non-hydrogen) atoms. The second-order valence-corrected chi connectivity index (χ2v) is 4.78. The van der Waals surface area contributed by atoms with Crippen LogP contribution in [0, 0.1) is 5.21 Å². The lowest BCUT2D eigenvalue weighted by Crippen LogP contribution is -2.29. The summed E-state index contributed by atoms with van der Waals surface area (Å²) in [6.07, 6.45) is 0. The average Bonchev–Trinajstić information content (AvgIpc) is 2.39. The second kappa shape index (κ2) is 4.10. The van der Waals surface area contributed by atoms with Crippen LogP contribution < -0.4 is 9.47 Å². The molecular formula is C13H9BrN2O2. The third-order valence-corrected chi connectivity index (χ3v) is 3.29. The number of methoxy groups -OCH3 is 1. The van der Waals surface area contributed by atoms with Gasteiger partial charge in [-0.25, -0.2) is 4.98 Å².